The van der Waals surface area contributed by atoms with Gasteiger partial charge in [0.1, 0.15) is 6.04 Å². The topological polar surface area (TPSA) is 58.6 Å². The van der Waals surface area contributed by atoms with Crippen LogP contribution in [0.1, 0.15) is 33.1 Å². The van der Waals surface area contributed by atoms with Gasteiger partial charge in [-0.25, -0.2) is 0 Å². The molecule has 0 spiro atoms. The molecule has 1 heterocycles. The minimum Gasteiger partial charge on any atom is -0.468 e. The maximum absolute atomic E-state index is 11.9. The lowest BCUT2D eigenvalue weighted by Crippen LogP contribution is -2.44. The van der Waals surface area contributed by atoms with Crippen molar-refractivity contribution >= 4 is 11.9 Å². The van der Waals surface area contributed by atoms with Gasteiger partial charge in [0.25, 0.3) is 0 Å². The number of carbonyl (C=O) groups is 2. The number of nitrogens with zero attached hydrogens (tertiary/aromatic N) is 1. The number of methoxy groups -OCH3 is 1. The number of likely N-dealkylation sites (tertiary alicyclic amines) is 1. The molecule has 0 aromatic rings. The molecular weight excluding hydrogens is 232 g/mol. The molecule has 5 heteroatoms. The Morgan fingerprint density at radius 3 is 2.39 bits per heavy atom. The van der Waals surface area contributed by atoms with Crippen LogP contribution in [0.4, 0.5) is 0 Å². The monoisotopic (exact) mass is 256 g/mol. The van der Waals surface area contributed by atoms with Crippen molar-refractivity contribution in [2.24, 2.45) is 5.92 Å². The van der Waals surface area contributed by atoms with Crippen molar-refractivity contribution in [3.63, 3.8) is 0 Å². The van der Waals surface area contributed by atoms with Crippen molar-refractivity contribution in [2.75, 3.05) is 26.7 Å². The molecule has 0 aromatic carbocycles. The molecule has 0 aromatic heterocycles. The maximum Gasteiger partial charge on any atom is 0.322 e. The van der Waals surface area contributed by atoms with Crippen molar-refractivity contribution in [1.29, 1.82) is 0 Å². The van der Waals surface area contributed by atoms with Crippen molar-refractivity contribution in [1.82, 2.24) is 10.2 Å². The summed E-state index contributed by atoms with van der Waals surface area (Å²) in [7, 11) is 1.37. The Bertz CT molecular complexity index is 286. The smallest absolute Gasteiger partial charge is 0.322 e. The molecule has 0 saturated carbocycles. The fraction of sp³-hybridized carbons (Fsp3) is 0.846. The first-order valence-electron chi connectivity index (χ1n) is 6.63. The molecule has 1 fully saturated rings. The zero-order valence-corrected chi connectivity index (χ0v) is 11.6. The quantitative estimate of drug-likeness (QED) is 0.714. The lowest BCUT2D eigenvalue weighted by atomic mass is 10.0. The molecule has 1 amide bonds. The van der Waals surface area contributed by atoms with Crippen molar-refractivity contribution in [2.45, 2.75) is 39.2 Å². The number of rotatable bonds is 6. The highest BCUT2D eigenvalue weighted by atomic mass is 16.5. The molecule has 18 heavy (non-hydrogen) atoms. The van der Waals surface area contributed by atoms with E-state index in [9.17, 15) is 9.59 Å². The van der Waals surface area contributed by atoms with E-state index >= 15 is 0 Å². The summed E-state index contributed by atoms with van der Waals surface area (Å²) in [6, 6.07) is -0.387. The molecule has 5 nitrogen and oxygen atoms in total. The van der Waals surface area contributed by atoms with Gasteiger partial charge >= 0.3 is 5.97 Å². The molecule has 1 rings (SSSR count). The number of nitrogens with one attached hydrogen (secondary N) is 1. The lowest BCUT2D eigenvalue weighted by Gasteiger charge is -2.20. The van der Waals surface area contributed by atoms with Crippen LogP contribution in [0.2, 0.25) is 0 Å². The second-order valence-electron chi connectivity index (χ2n) is 5.17. The molecule has 0 radical (unpaired) electrons. The van der Waals surface area contributed by atoms with Gasteiger partial charge in [0.2, 0.25) is 5.91 Å². The standard InChI is InChI=1S/C13H24N2O3/c1-10(2)8-11(13(17)18-3)14-9-12(16)15-6-4-5-7-15/h10-11,14H,4-9H2,1-3H3. The lowest BCUT2D eigenvalue weighted by molar-refractivity contribution is -0.143. The SMILES string of the molecule is COC(=O)C(CC(C)C)NCC(=O)N1CCCC1. The summed E-state index contributed by atoms with van der Waals surface area (Å²) in [6.45, 7) is 5.98. The van der Waals surface area contributed by atoms with Crippen LogP contribution in [0.5, 0.6) is 0 Å². The minimum atomic E-state index is -0.387. The predicted octanol–water partition coefficient (Wildman–Crippen LogP) is 0.786. The Morgan fingerprint density at radius 1 is 1.28 bits per heavy atom. The molecule has 0 aliphatic carbocycles. The molecule has 104 valence electrons. The Morgan fingerprint density at radius 2 is 1.89 bits per heavy atom. The minimum absolute atomic E-state index is 0.0742. The second kappa shape index (κ2) is 7.36. The molecule has 0 bridgehead atoms. The van der Waals surface area contributed by atoms with E-state index < -0.39 is 0 Å². The van der Waals surface area contributed by atoms with Gasteiger partial charge in [-0.1, -0.05) is 13.8 Å². The van der Waals surface area contributed by atoms with E-state index in [4.69, 9.17) is 4.74 Å². The summed E-state index contributed by atoms with van der Waals surface area (Å²) in [5.41, 5.74) is 0. The van der Waals surface area contributed by atoms with Crippen LogP contribution in [-0.2, 0) is 14.3 Å². The van der Waals surface area contributed by atoms with Gasteiger partial charge in [-0.05, 0) is 25.2 Å². The number of esters is 1. The van der Waals surface area contributed by atoms with Gasteiger partial charge in [-0.3, -0.25) is 14.9 Å². The van der Waals surface area contributed by atoms with E-state index in [1.165, 1.54) is 7.11 Å². The van der Waals surface area contributed by atoms with Crippen molar-refractivity contribution in [3.05, 3.63) is 0 Å². The summed E-state index contributed by atoms with van der Waals surface area (Å²) in [6.07, 6.45) is 2.84. The average molecular weight is 256 g/mol. The zero-order chi connectivity index (χ0) is 13.5. The van der Waals surface area contributed by atoms with Crippen LogP contribution in [-0.4, -0.2) is 49.6 Å². The van der Waals surface area contributed by atoms with Crippen LogP contribution in [0.3, 0.4) is 0 Å². The molecule has 1 saturated heterocycles. The fourth-order valence-corrected chi connectivity index (χ4v) is 2.17. The number of hydrogen-bond donors (Lipinski definition) is 1. The van der Waals surface area contributed by atoms with E-state index in [1.54, 1.807) is 0 Å². The maximum atomic E-state index is 11.9. The van der Waals surface area contributed by atoms with Crippen molar-refractivity contribution in [3.8, 4) is 0 Å². The Kier molecular flexibility index (Phi) is 6.12. The summed E-state index contributed by atoms with van der Waals surface area (Å²) < 4.78 is 4.74. The van der Waals surface area contributed by atoms with Gasteiger partial charge in [0.05, 0.1) is 13.7 Å². The van der Waals surface area contributed by atoms with Crippen LogP contribution in [0.15, 0.2) is 0 Å². The Labute approximate surface area is 109 Å². The van der Waals surface area contributed by atoms with Crippen LogP contribution in [0.25, 0.3) is 0 Å². The first-order chi connectivity index (χ1) is 8.54. The predicted molar refractivity (Wildman–Crippen MR) is 69.1 cm³/mol. The first-order valence-corrected chi connectivity index (χ1v) is 6.63. The highest BCUT2D eigenvalue weighted by molar-refractivity contribution is 5.80. The normalized spacial score (nSPS) is 17.0. The number of amides is 1. The highest BCUT2D eigenvalue weighted by Crippen LogP contribution is 2.08. The molecule has 1 unspecified atom stereocenters. The van der Waals surface area contributed by atoms with Crippen molar-refractivity contribution < 1.29 is 14.3 Å². The van der Waals surface area contributed by atoms with Gasteiger partial charge in [0.15, 0.2) is 0 Å². The summed E-state index contributed by atoms with van der Waals surface area (Å²) in [5.74, 6) is 0.159. The van der Waals surface area contributed by atoms with Crippen LogP contribution >= 0.6 is 0 Å². The van der Waals surface area contributed by atoms with Gasteiger partial charge in [-0.2, -0.15) is 0 Å². The fourth-order valence-electron chi connectivity index (χ4n) is 2.17. The number of hydrogen-bond acceptors (Lipinski definition) is 4. The summed E-state index contributed by atoms with van der Waals surface area (Å²) in [5, 5.41) is 3.01. The number of carbonyl (C=O) groups excluding carboxylic acids is 2. The van der Waals surface area contributed by atoms with E-state index in [2.05, 4.69) is 5.32 Å². The average Bonchev–Trinajstić information content (AvgIpc) is 2.86. The van der Waals surface area contributed by atoms with Crippen LogP contribution < -0.4 is 5.32 Å². The molecule has 1 aliphatic rings. The van der Waals surface area contributed by atoms with Gasteiger partial charge in [0, 0.05) is 13.1 Å². The second-order valence-corrected chi connectivity index (χ2v) is 5.17. The molecule has 1 aliphatic heterocycles. The molecule has 1 atom stereocenters. The third-order valence-electron chi connectivity index (χ3n) is 3.15. The van der Waals surface area contributed by atoms with Gasteiger partial charge < -0.3 is 9.64 Å². The third-order valence-corrected chi connectivity index (χ3v) is 3.15. The largest absolute Gasteiger partial charge is 0.468 e. The Hall–Kier alpha value is -1.10. The summed E-state index contributed by atoms with van der Waals surface area (Å²) >= 11 is 0. The third kappa shape index (κ3) is 4.64. The Balaban J connectivity index is 2.40. The van der Waals surface area contributed by atoms with E-state index in [-0.39, 0.29) is 24.5 Å². The number of ether oxygens (including phenoxy) is 1. The van der Waals surface area contributed by atoms with Gasteiger partial charge in [-0.15, -0.1) is 0 Å². The molecular formula is C13H24N2O3. The van der Waals surface area contributed by atoms with E-state index in [0.29, 0.717) is 12.3 Å². The van der Waals surface area contributed by atoms with E-state index in [1.807, 2.05) is 18.7 Å². The van der Waals surface area contributed by atoms with Crippen LogP contribution in [0, 0.1) is 5.92 Å². The first kappa shape index (κ1) is 15.0. The zero-order valence-electron chi connectivity index (χ0n) is 11.6. The molecule has 1 N–H and O–H groups in total. The summed E-state index contributed by atoms with van der Waals surface area (Å²) in [4.78, 5) is 25.3. The highest BCUT2D eigenvalue weighted by Gasteiger charge is 2.23. The van der Waals surface area contributed by atoms with E-state index in [0.717, 1.165) is 25.9 Å².